The summed E-state index contributed by atoms with van der Waals surface area (Å²) in [4.78, 5) is 28.2. The molecular formula is C21H17N5O3. The molecule has 1 saturated carbocycles. The minimum Gasteiger partial charge on any atom is -0.492 e. The first kappa shape index (κ1) is 16.3. The molecule has 1 fully saturated rings. The zero-order chi connectivity index (χ0) is 19.6. The Bertz CT molecular complexity index is 1320. The number of hydrogen-bond donors (Lipinski definition) is 1. The number of ether oxygens (including phenoxy) is 2. The number of H-pyrrole nitrogens is 1. The molecule has 0 radical (unpaired) electrons. The molecule has 0 bridgehead atoms. The van der Waals surface area contributed by atoms with Crippen LogP contribution < -0.4 is 15.2 Å². The Morgan fingerprint density at radius 2 is 2.00 bits per heavy atom. The van der Waals surface area contributed by atoms with Crippen LogP contribution >= 0.6 is 0 Å². The number of pyridine rings is 1. The molecule has 29 heavy (non-hydrogen) atoms. The Kier molecular flexibility index (Phi) is 3.18. The molecule has 144 valence electrons. The molecule has 0 amide bonds. The molecule has 1 aliphatic carbocycles. The van der Waals surface area contributed by atoms with E-state index in [9.17, 15) is 4.79 Å². The summed E-state index contributed by atoms with van der Waals surface area (Å²) in [6, 6.07) is 7.87. The average molecular weight is 387 g/mol. The lowest BCUT2D eigenvalue weighted by atomic mass is 9.97. The maximum absolute atomic E-state index is 12.4. The largest absolute Gasteiger partial charge is 0.492 e. The number of aryl methyl sites for hydroxylation is 1. The molecule has 8 nitrogen and oxygen atoms in total. The van der Waals surface area contributed by atoms with Gasteiger partial charge in [0.2, 0.25) is 0 Å². The number of imidazole rings is 1. The molecule has 4 heterocycles. The van der Waals surface area contributed by atoms with Gasteiger partial charge in [-0.05, 0) is 43.5 Å². The zero-order valence-corrected chi connectivity index (χ0v) is 15.7. The monoisotopic (exact) mass is 387 g/mol. The lowest BCUT2D eigenvalue weighted by Gasteiger charge is -2.11. The molecule has 0 saturated heterocycles. The first-order chi connectivity index (χ1) is 14.1. The minimum atomic E-state index is -0.284. The Labute approximate surface area is 165 Å². The van der Waals surface area contributed by atoms with E-state index in [1.165, 1.54) is 4.57 Å². The van der Waals surface area contributed by atoms with Crippen molar-refractivity contribution < 1.29 is 9.47 Å². The van der Waals surface area contributed by atoms with Gasteiger partial charge < -0.3 is 14.5 Å². The van der Waals surface area contributed by atoms with Crippen molar-refractivity contribution in [2.75, 3.05) is 6.61 Å². The first-order valence-electron chi connectivity index (χ1n) is 9.48. The van der Waals surface area contributed by atoms with E-state index in [1.54, 1.807) is 18.6 Å². The SMILES string of the molecule is Cc1ccnc2c1[nH]c(=O)n2-c1cnc(Oc2cccc3c2C2(CC2)CO3)nc1. The normalized spacial score (nSPS) is 16.0. The zero-order valence-electron chi connectivity index (χ0n) is 15.7. The Hall–Kier alpha value is -3.68. The fourth-order valence-corrected chi connectivity index (χ4v) is 4.01. The molecular weight excluding hydrogens is 370 g/mol. The highest BCUT2D eigenvalue weighted by Crippen LogP contribution is 2.58. The van der Waals surface area contributed by atoms with Gasteiger partial charge in [-0.1, -0.05) is 6.07 Å². The van der Waals surface area contributed by atoms with Crippen LogP contribution in [0, 0.1) is 6.92 Å². The maximum Gasteiger partial charge on any atom is 0.332 e. The molecule has 4 aromatic rings. The van der Waals surface area contributed by atoms with Crippen molar-refractivity contribution in [3.05, 3.63) is 64.5 Å². The summed E-state index contributed by atoms with van der Waals surface area (Å²) in [6.07, 6.45) is 7.01. The summed E-state index contributed by atoms with van der Waals surface area (Å²) < 4.78 is 13.3. The number of nitrogens with zero attached hydrogens (tertiary/aromatic N) is 4. The van der Waals surface area contributed by atoms with E-state index in [0.717, 1.165) is 35.5 Å². The van der Waals surface area contributed by atoms with Gasteiger partial charge >= 0.3 is 11.7 Å². The molecule has 1 aromatic carbocycles. The molecule has 1 spiro atoms. The van der Waals surface area contributed by atoms with Gasteiger partial charge in [0.1, 0.15) is 11.5 Å². The van der Waals surface area contributed by atoms with Crippen LogP contribution in [0.1, 0.15) is 24.0 Å². The third kappa shape index (κ3) is 2.38. The lowest BCUT2D eigenvalue weighted by Crippen LogP contribution is -2.15. The summed E-state index contributed by atoms with van der Waals surface area (Å²) in [6.45, 7) is 2.63. The predicted octanol–water partition coefficient (Wildman–Crippen LogP) is 3.03. The fourth-order valence-electron chi connectivity index (χ4n) is 4.01. The summed E-state index contributed by atoms with van der Waals surface area (Å²) in [7, 11) is 0. The number of rotatable bonds is 3. The Morgan fingerprint density at radius 1 is 1.17 bits per heavy atom. The van der Waals surface area contributed by atoms with Gasteiger partial charge in [-0.25, -0.2) is 24.3 Å². The quantitative estimate of drug-likeness (QED) is 0.581. The van der Waals surface area contributed by atoms with Crippen LogP contribution in [0.2, 0.25) is 0 Å². The van der Waals surface area contributed by atoms with E-state index in [0.29, 0.717) is 23.5 Å². The molecule has 1 aliphatic heterocycles. The van der Waals surface area contributed by atoms with Crippen molar-refractivity contribution in [2.45, 2.75) is 25.2 Å². The minimum absolute atomic E-state index is 0.0900. The first-order valence-corrected chi connectivity index (χ1v) is 9.48. The van der Waals surface area contributed by atoms with E-state index < -0.39 is 0 Å². The molecule has 0 unspecified atom stereocenters. The maximum atomic E-state index is 12.4. The van der Waals surface area contributed by atoms with E-state index >= 15 is 0 Å². The van der Waals surface area contributed by atoms with E-state index in [4.69, 9.17) is 9.47 Å². The lowest BCUT2D eigenvalue weighted by molar-refractivity contribution is 0.323. The van der Waals surface area contributed by atoms with Crippen molar-refractivity contribution in [1.82, 2.24) is 24.5 Å². The van der Waals surface area contributed by atoms with Crippen molar-refractivity contribution >= 4 is 11.2 Å². The molecule has 3 aromatic heterocycles. The van der Waals surface area contributed by atoms with Gasteiger partial charge in [0.25, 0.3) is 0 Å². The second kappa shape index (κ2) is 5.66. The number of aromatic nitrogens is 5. The molecule has 2 aliphatic rings. The Morgan fingerprint density at radius 3 is 2.79 bits per heavy atom. The van der Waals surface area contributed by atoms with Crippen LogP contribution in [-0.4, -0.2) is 31.1 Å². The van der Waals surface area contributed by atoms with Crippen LogP contribution in [0.15, 0.2) is 47.7 Å². The second-order valence-corrected chi connectivity index (χ2v) is 7.62. The van der Waals surface area contributed by atoms with E-state index in [-0.39, 0.29) is 17.1 Å². The van der Waals surface area contributed by atoms with E-state index in [1.807, 2.05) is 31.2 Å². The van der Waals surface area contributed by atoms with Gasteiger partial charge in [-0.15, -0.1) is 0 Å². The highest BCUT2D eigenvalue weighted by Gasteiger charge is 2.52. The van der Waals surface area contributed by atoms with E-state index in [2.05, 4.69) is 19.9 Å². The number of aromatic amines is 1. The molecule has 0 atom stereocenters. The summed E-state index contributed by atoms with van der Waals surface area (Å²) in [5.74, 6) is 1.61. The summed E-state index contributed by atoms with van der Waals surface area (Å²) in [5, 5.41) is 0. The standard InChI is InChI=1S/C21H17N5O3/c1-12-5-8-22-18-17(12)25-20(27)26(18)13-9-23-19(24-10-13)29-15-4-2-3-14-16(15)21(6-7-21)11-28-14/h2-5,8-10H,6-7,11H2,1H3,(H,25,27). The molecule has 8 heteroatoms. The number of fused-ring (bicyclic) bond motifs is 3. The number of hydrogen-bond acceptors (Lipinski definition) is 6. The summed E-state index contributed by atoms with van der Waals surface area (Å²) in [5.41, 5.74) is 3.63. The van der Waals surface area contributed by atoms with Crippen molar-refractivity contribution in [2.24, 2.45) is 0 Å². The predicted molar refractivity (Wildman–Crippen MR) is 105 cm³/mol. The molecule has 1 N–H and O–H groups in total. The van der Waals surface area contributed by atoms with Crippen LogP contribution in [0.3, 0.4) is 0 Å². The fraction of sp³-hybridized carbons (Fsp3) is 0.238. The van der Waals surface area contributed by atoms with Crippen LogP contribution in [-0.2, 0) is 5.41 Å². The third-order valence-electron chi connectivity index (χ3n) is 5.74. The van der Waals surface area contributed by atoms with Gasteiger partial charge in [-0.2, -0.15) is 0 Å². The van der Waals surface area contributed by atoms with Crippen LogP contribution in [0.4, 0.5) is 0 Å². The van der Waals surface area contributed by atoms with Gasteiger partial charge in [0.15, 0.2) is 5.65 Å². The van der Waals surface area contributed by atoms with Crippen LogP contribution in [0.25, 0.3) is 16.9 Å². The highest BCUT2D eigenvalue weighted by molar-refractivity contribution is 5.76. The van der Waals surface area contributed by atoms with Crippen molar-refractivity contribution in [3.63, 3.8) is 0 Å². The van der Waals surface area contributed by atoms with Gasteiger partial charge in [0, 0.05) is 17.2 Å². The van der Waals surface area contributed by atoms with Gasteiger partial charge in [-0.3, -0.25) is 0 Å². The van der Waals surface area contributed by atoms with Gasteiger partial charge in [0.05, 0.1) is 30.2 Å². The smallest absolute Gasteiger partial charge is 0.332 e. The summed E-state index contributed by atoms with van der Waals surface area (Å²) >= 11 is 0. The molecule has 6 rings (SSSR count). The Balaban J connectivity index is 1.36. The second-order valence-electron chi connectivity index (χ2n) is 7.62. The third-order valence-corrected chi connectivity index (χ3v) is 5.74. The average Bonchev–Trinajstić information content (AvgIpc) is 3.29. The van der Waals surface area contributed by atoms with Crippen molar-refractivity contribution in [3.8, 4) is 23.2 Å². The van der Waals surface area contributed by atoms with Crippen LogP contribution in [0.5, 0.6) is 17.5 Å². The van der Waals surface area contributed by atoms with Crippen molar-refractivity contribution in [1.29, 1.82) is 0 Å². The topological polar surface area (TPSA) is 94.9 Å². The number of benzene rings is 1. The number of nitrogens with one attached hydrogen (secondary N) is 1. The highest BCUT2D eigenvalue weighted by atomic mass is 16.5.